The van der Waals surface area contributed by atoms with Crippen LogP contribution in [0.1, 0.15) is 9.67 Å². The van der Waals surface area contributed by atoms with E-state index in [-0.39, 0.29) is 5.13 Å². The van der Waals surface area contributed by atoms with Gasteiger partial charge in [-0.15, -0.1) is 0 Å². The third-order valence-electron chi connectivity index (χ3n) is 3.14. The Hall–Kier alpha value is -1.31. The molecule has 0 saturated carbocycles. The molecule has 12 heteroatoms. The first-order chi connectivity index (χ1) is 10.6. The second kappa shape index (κ2) is 6.67. The molecule has 130 valence electrons. The largest absolute Gasteiger partial charge is 0.455 e. The molecule has 1 aromatic heterocycles. The van der Waals surface area contributed by atoms with E-state index in [0.29, 0.717) is 17.5 Å². The zero-order valence-electron chi connectivity index (χ0n) is 11.3. The van der Waals surface area contributed by atoms with Crippen molar-refractivity contribution < 1.29 is 43.1 Å². The molecule has 5 N–H and O–H groups in total. The van der Waals surface area contributed by atoms with E-state index in [9.17, 15) is 33.3 Å². The first kappa shape index (κ1) is 18.0. The van der Waals surface area contributed by atoms with Crippen molar-refractivity contribution in [3.63, 3.8) is 0 Å². The number of aromatic nitrogens is 1. The number of hydrogen-bond acceptors (Lipinski definition) is 9. The van der Waals surface area contributed by atoms with Gasteiger partial charge in [0.1, 0.15) is 29.3 Å². The number of aliphatic hydroxyl groups is 4. The van der Waals surface area contributed by atoms with E-state index in [1.54, 1.807) is 0 Å². The zero-order chi connectivity index (χ0) is 17.4. The van der Waals surface area contributed by atoms with Crippen LogP contribution in [0.3, 0.4) is 0 Å². The third kappa shape index (κ3) is 3.79. The van der Waals surface area contributed by atoms with E-state index in [2.05, 4.69) is 10.3 Å². The van der Waals surface area contributed by atoms with E-state index in [1.165, 1.54) is 0 Å². The van der Waals surface area contributed by atoms with Gasteiger partial charge in [0.25, 0.3) is 5.78 Å². The topological polar surface area (TPSA) is 132 Å². The number of aliphatic hydroxyl groups excluding tert-OH is 4. The highest BCUT2D eigenvalue weighted by atomic mass is 32.1. The van der Waals surface area contributed by atoms with Gasteiger partial charge < -0.3 is 30.5 Å². The van der Waals surface area contributed by atoms with Crippen LogP contribution in [0.15, 0.2) is 6.20 Å². The number of nitrogens with zero attached hydrogens (tertiary/aromatic N) is 1. The smallest absolute Gasteiger partial charge is 0.394 e. The lowest BCUT2D eigenvalue weighted by Crippen LogP contribution is -2.60. The summed E-state index contributed by atoms with van der Waals surface area (Å²) in [4.78, 5) is 14.0. The zero-order valence-corrected chi connectivity index (χ0v) is 12.1. The summed E-state index contributed by atoms with van der Waals surface area (Å²) < 4.78 is 42.0. The van der Waals surface area contributed by atoms with Crippen molar-refractivity contribution in [2.75, 3.05) is 11.9 Å². The summed E-state index contributed by atoms with van der Waals surface area (Å²) in [5.41, 5.74) is 0. The molecule has 1 aliphatic heterocycles. The van der Waals surface area contributed by atoms with Crippen molar-refractivity contribution >= 4 is 22.3 Å². The minimum Gasteiger partial charge on any atom is -0.394 e. The minimum atomic E-state index is -5.03. The van der Waals surface area contributed by atoms with Crippen LogP contribution in [0.4, 0.5) is 18.3 Å². The van der Waals surface area contributed by atoms with Crippen LogP contribution in [0.2, 0.25) is 0 Å². The highest BCUT2D eigenvalue weighted by molar-refractivity contribution is 7.17. The molecule has 2 heterocycles. The van der Waals surface area contributed by atoms with Crippen molar-refractivity contribution in [2.45, 2.75) is 36.8 Å². The second-order valence-corrected chi connectivity index (χ2v) is 5.78. The Labute approximate surface area is 131 Å². The van der Waals surface area contributed by atoms with Gasteiger partial charge in [-0.1, -0.05) is 11.3 Å². The average molecular weight is 358 g/mol. The molecule has 1 aliphatic rings. The minimum absolute atomic E-state index is 0.165. The van der Waals surface area contributed by atoms with Crippen LogP contribution in [0, 0.1) is 0 Å². The van der Waals surface area contributed by atoms with Crippen LogP contribution in [-0.4, -0.2) is 74.6 Å². The maximum absolute atomic E-state index is 12.3. The van der Waals surface area contributed by atoms with Gasteiger partial charge >= 0.3 is 6.18 Å². The predicted molar refractivity (Wildman–Crippen MR) is 69.9 cm³/mol. The van der Waals surface area contributed by atoms with E-state index in [0.717, 1.165) is 0 Å². The van der Waals surface area contributed by atoms with Gasteiger partial charge in [-0.25, -0.2) is 4.98 Å². The van der Waals surface area contributed by atoms with Crippen LogP contribution in [0.5, 0.6) is 0 Å². The Morgan fingerprint density at radius 3 is 2.52 bits per heavy atom. The number of ketones is 1. The summed E-state index contributed by atoms with van der Waals surface area (Å²) in [5, 5.41) is 40.2. The Bertz CT molecular complexity index is 566. The lowest BCUT2D eigenvalue weighted by atomic mass is 9.98. The number of anilines is 1. The van der Waals surface area contributed by atoms with E-state index in [1.807, 2.05) is 0 Å². The van der Waals surface area contributed by atoms with E-state index >= 15 is 0 Å². The summed E-state index contributed by atoms with van der Waals surface area (Å²) in [5.74, 6) is -2.06. The van der Waals surface area contributed by atoms with Gasteiger partial charge in [-0.2, -0.15) is 13.2 Å². The van der Waals surface area contributed by atoms with Crippen LogP contribution in [0.25, 0.3) is 0 Å². The van der Waals surface area contributed by atoms with Crippen LogP contribution >= 0.6 is 11.3 Å². The molecule has 1 fully saturated rings. The number of rotatable bonds is 4. The van der Waals surface area contributed by atoms with Crippen molar-refractivity contribution in [3.05, 3.63) is 11.1 Å². The Balaban J connectivity index is 2.10. The van der Waals surface area contributed by atoms with Crippen LogP contribution in [-0.2, 0) is 4.74 Å². The molecule has 23 heavy (non-hydrogen) atoms. The summed E-state index contributed by atoms with van der Waals surface area (Å²) in [6, 6.07) is 0. The first-order valence-corrected chi connectivity index (χ1v) is 7.11. The van der Waals surface area contributed by atoms with E-state index < -0.39 is 54.1 Å². The standard InChI is InChI=1S/C11H13F3N2O6S/c12-11(13,14)8(21)4-1-15-10(23-4)16-9-7(20)6(19)5(18)3(2-17)22-9/h1,3,5-7,9,17-20H,2H2,(H,15,16)/t3?,5-,6?,7-,9+/m1/s1. The van der Waals surface area contributed by atoms with Crippen molar-refractivity contribution in [3.8, 4) is 0 Å². The molecule has 5 atom stereocenters. The fourth-order valence-electron chi connectivity index (χ4n) is 1.93. The molecule has 0 aromatic carbocycles. The van der Waals surface area contributed by atoms with Gasteiger partial charge in [0.2, 0.25) is 0 Å². The van der Waals surface area contributed by atoms with Gasteiger partial charge in [0.15, 0.2) is 11.4 Å². The fourth-order valence-corrected chi connectivity index (χ4v) is 2.73. The molecule has 0 aliphatic carbocycles. The maximum atomic E-state index is 12.3. The molecule has 1 aromatic rings. The van der Waals surface area contributed by atoms with Gasteiger partial charge in [-0.05, 0) is 0 Å². The molecule has 2 unspecified atom stereocenters. The molecule has 0 bridgehead atoms. The first-order valence-electron chi connectivity index (χ1n) is 6.29. The number of hydrogen-bond donors (Lipinski definition) is 5. The van der Waals surface area contributed by atoms with Gasteiger partial charge in [0, 0.05) is 0 Å². The Morgan fingerprint density at radius 2 is 1.96 bits per heavy atom. The number of carbonyl (C=O) groups excluding carboxylic acids is 1. The summed E-state index contributed by atoms with van der Waals surface area (Å²) in [7, 11) is 0. The molecular formula is C11H13F3N2O6S. The molecule has 0 spiro atoms. The molecule has 1 saturated heterocycles. The Kier molecular flexibility index (Phi) is 5.23. The second-order valence-electron chi connectivity index (χ2n) is 4.75. The number of Topliss-reactive ketones (excluding diaryl/α,β-unsaturated/α-hetero) is 1. The summed E-state index contributed by atoms with van der Waals surface area (Å²) >= 11 is 0.385. The molecule has 0 radical (unpaired) electrons. The summed E-state index contributed by atoms with van der Waals surface area (Å²) in [6.07, 6.45) is -11.7. The normalized spacial score (nSPS) is 31.9. The van der Waals surface area contributed by atoms with Gasteiger partial charge in [-0.3, -0.25) is 4.79 Å². The van der Waals surface area contributed by atoms with Crippen LogP contribution < -0.4 is 5.32 Å². The number of nitrogens with one attached hydrogen (secondary N) is 1. The lowest BCUT2D eigenvalue weighted by molar-refractivity contribution is -0.221. The molecule has 2 rings (SSSR count). The number of ether oxygens (including phenoxy) is 1. The molecule has 0 amide bonds. The monoisotopic (exact) mass is 358 g/mol. The number of alkyl halides is 3. The van der Waals surface area contributed by atoms with Crippen molar-refractivity contribution in [1.29, 1.82) is 0 Å². The highest BCUT2D eigenvalue weighted by Crippen LogP contribution is 2.29. The van der Waals surface area contributed by atoms with Crippen molar-refractivity contribution in [2.24, 2.45) is 0 Å². The molecule has 8 nitrogen and oxygen atoms in total. The van der Waals surface area contributed by atoms with E-state index in [4.69, 9.17) is 9.84 Å². The third-order valence-corrected chi connectivity index (χ3v) is 4.07. The predicted octanol–water partition coefficient (Wildman–Crippen LogP) is -0.900. The Morgan fingerprint density at radius 1 is 1.30 bits per heavy atom. The number of carbonyl (C=O) groups is 1. The fraction of sp³-hybridized carbons (Fsp3) is 0.636. The highest BCUT2D eigenvalue weighted by Gasteiger charge is 2.44. The lowest BCUT2D eigenvalue weighted by Gasteiger charge is -2.40. The molecular weight excluding hydrogens is 345 g/mol. The quantitative estimate of drug-likeness (QED) is 0.438. The SMILES string of the molecule is O=C(c1cnc(N[C@H]2OC(CO)[C@@H](O)C(O)[C@H]2O)s1)C(F)(F)F. The summed E-state index contributed by atoms with van der Waals surface area (Å²) in [6.45, 7) is -0.654. The maximum Gasteiger partial charge on any atom is 0.455 e. The van der Waals surface area contributed by atoms with Crippen molar-refractivity contribution in [1.82, 2.24) is 4.98 Å². The number of thiazole rings is 1. The number of halogens is 3. The average Bonchev–Trinajstić information content (AvgIpc) is 2.94. The van der Waals surface area contributed by atoms with Gasteiger partial charge in [0.05, 0.1) is 12.8 Å².